The second-order valence-electron chi connectivity index (χ2n) is 6.67. The number of halogens is 3. The van der Waals surface area contributed by atoms with Crippen LogP contribution in [0.2, 0.25) is 0 Å². The molecular formula is C20H16F3N3O5S. The minimum Gasteiger partial charge on any atom is -0.475 e. The van der Waals surface area contributed by atoms with Crippen molar-refractivity contribution in [2.45, 2.75) is 17.5 Å². The fraction of sp³-hybridized carbons (Fsp3) is 0.150. The van der Waals surface area contributed by atoms with Gasteiger partial charge in [-0.15, -0.1) is 0 Å². The molecule has 0 saturated heterocycles. The Labute approximate surface area is 180 Å². The van der Waals surface area contributed by atoms with Crippen molar-refractivity contribution < 1.29 is 36.3 Å². The fourth-order valence-electron chi connectivity index (χ4n) is 3.16. The van der Waals surface area contributed by atoms with Crippen molar-refractivity contribution in [1.29, 1.82) is 0 Å². The van der Waals surface area contributed by atoms with Crippen molar-refractivity contribution in [1.82, 2.24) is 4.98 Å². The molecule has 2 heterocycles. The number of carboxylic acid groups (broad SMARTS) is 1. The monoisotopic (exact) mass is 467 g/mol. The summed E-state index contributed by atoms with van der Waals surface area (Å²) in [5.41, 5.74) is 7.44. The maximum atomic E-state index is 13.3. The summed E-state index contributed by atoms with van der Waals surface area (Å²) in [5.74, 6) is -3.34. The average molecular weight is 467 g/mol. The first kappa shape index (κ1) is 23.0. The van der Waals surface area contributed by atoms with Crippen LogP contribution in [-0.2, 0) is 21.2 Å². The van der Waals surface area contributed by atoms with Gasteiger partial charge in [-0.05, 0) is 36.2 Å². The molecule has 3 N–H and O–H groups in total. The standard InChI is InChI=1S/C18H15N3O3S.C2HF3O2/c19-18(22)14-7-6-12-8-10-21(15(12)11-14)25(23,24)16-5-1-3-13-4-2-9-20-17(13)16;3-2(4,5)1(6)7/h1-7,9,11H,8,10H2,(H2,19,22);(H,6,7). The van der Waals surface area contributed by atoms with Crippen LogP contribution in [0.3, 0.4) is 0 Å². The van der Waals surface area contributed by atoms with Crippen LogP contribution >= 0.6 is 0 Å². The molecule has 1 aliphatic rings. The Hall–Kier alpha value is -3.67. The van der Waals surface area contributed by atoms with Gasteiger partial charge < -0.3 is 10.8 Å². The zero-order valence-corrected chi connectivity index (χ0v) is 17.0. The summed E-state index contributed by atoms with van der Waals surface area (Å²) in [7, 11) is -3.80. The molecule has 0 aliphatic carbocycles. The summed E-state index contributed by atoms with van der Waals surface area (Å²) in [6.07, 6.45) is -2.92. The lowest BCUT2D eigenvalue weighted by Crippen LogP contribution is -2.29. The van der Waals surface area contributed by atoms with Crippen molar-refractivity contribution >= 4 is 38.5 Å². The lowest BCUT2D eigenvalue weighted by Gasteiger charge is -2.20. The SMILES string of the molecule is NC(=O)c1ccc2c(c1)N(S(=O)(=O)c1cccc3cccnc13)CC2.O=C(O)C(F)(F)F. The van der Waals surface area contributed by atoms with Gasteiger partial charge in [0.05, 0.1) is 11.2 Å². The molecule has 0 radical (unpaired) electrons. The molecule has 0 spiro atoms. The minimum absolute atomic E-state index is 0.155. The zero-order valence-electron chi connectivity index (χ0n) is 16.2. The van der Waals surface area contributed by atoms with Crippen molar-refractivity contribution in [3.8, 4) is 0 Å². The molecule has 8 nitrogen and oxygen atoms in total. The number of primary amides is 1. The van der Waals surface area contributed by atoms with E-state index in [1.165, 1.54) is 4.31 Å². The van der Waals surface area contributed by atoms with Gasteiger partial charge in [-0.3, -0.25) is 14.1 Å². The number of carbonyl (C=O) groups excluding carboxylic acids is 1. The molecule has 0 unspecified atom stereocenters. The summed E-state index contributed by atoms with van der Waals surface area (Å²) in [4.78, 5) is 24.7. The summed E-state index contributed by atoms with van der Waals surface area (Å²) in [6.45, 7) is 0.323. The van der Waals surface area contributed by atoms with Crippen LogP contribution in [0.15, 0.2) is 59.6 Å². The van der Waals surface area contributed by atoms with E-state index in [9.17, 15) is 26.4 Å². The summed E-state index contributed by atoms with van der Waals surface area (Å²) >= 11 is 0. The number of anilines is 1. The first-order valence-corrected chi connectivity index (χ1v) is 10.5. The van der Waals surface area contributed by atoms with E-state index in [-0.39, 0.29) is 10.5 Å². The van der Waals surface area contributed by atoms with Crippen LogP contribution in [0.25, 0.3) is 10.9 Å². The number of carboxylic acids is 1. The molecule has 0 saturated carbocycles. The van der Waals surface area contributed by atoms with Gasteiger partial charge in [0.2, 0.25) is 5.91 Å². The number of carbonyl (C=O) groups is 2. The van der Waals surface area contributed by atoms with Gasteiger partial charge in [-0.25, -0.2) is 13.2 Å². The number of para-hydroxylation sites is 1. The van der Waals surface area contributed by atoms with E-state index in [2.05, 4.69) is 4.98 Å². The number of amides is 1. The van der Waals surface area contributed by atoms with Gasteiger partial charge in [0.25, 0.3) is 10.0 Å². The van der Waals surface area contributed by atoms with Crippen LogP contribution in [0.5, 0.6) is 0 Å². The molecular weight excluding hydrogens is 451 g/mol. The third-order valence-electron chi connectivity index (χ3n) is 4.63. The highest BCUT2D eigenvalue weighted by atomic mass is 32.2. The maximum absolute atomic E-state index is 13.3. The molecule has 1 aromatic heterocycles. The lowest BCUT2D eigenvalue weighted by atomic mass is 10.1. The van der Waals surface area contributed by atoms with E-state index in [4.69, 9.17) is 15.6 Å². The van der Waals surface area contributed by atoms with Gasteiger partial charge in [0, 0.05) is 23.7 Å². The van der Waals surface area contributed by atoms with E-state index in [0.717, 1.165) is 10.9 Å². The van der Waals surface area contributed by atoms with Crippen LogP contribution in [0.1, 0.15) is 15.9 Å². The number of hydrogen-bond acceptors (Lipinski definition) is 5. The number of benzene rings is 2. The Bertz CT molecular complexity index is 1300. The number of alkyl halides is 3. The molecule has 1 amide bonds. The van der Waals surface area contributed by atoms with Crippen LogP contribution in [0, 0.1) is 0 Å². The normalized spacial score (nSPS) is 13.3. The van der Waals surface area contributed by atoms with Crippen molar-refractivity contribution in [2.75, 3.05) is 10.8 Å². The number of pyridine rings is 1. The highest BCUT2D eigenvalue weighted by Crippen LogP contribution is 2.35. The predicted molar refractivity (Wildman–Crippen MR) is 109 cm³/mol. The van der Waals surface area contributed by atoms with Crippen molar-refractivity contribution in [2.24, 2.45) is 5.73 Å². The number of fused-ring (bicyclic) bond motifs is 2. The smallest absolute Gasteiger partial charge is 0.475 e. The van der Waals surface area contributed by atoms with Crippen LogP contribution < -0.4 is 10.0 Å². The highest BCUT2D eigenvalue weighted by molar-refractivity contribution is 7.93. The minimum atomic E-state index is -5.08. The third-order valence-corrected chi connectivity index (χ3v) is 6.47. The van der Waals surface area contributed by atoms with Gasteiger partial charge in [0.1, 0.15) is 4.90 Å². The molecule has 0 atom stereocenters. The zero-order chi connectivity index (χ0) is 23.7. The van der Waals surface area contributed by atoms with Gasteiger partial charge >= 0.3 is 12.1 Å². The molecule has 168 valence electrons. The van der Waals surface area contributed by atoms with E-state index in [1.54, 1.807) is 42.6 Å². The molecule has 12 heteroatoms. The van der Waals surface area contributed by atoms with Crippen LogP contribution in [-0.4, -0.2) is 43.1 Å². The number of hydrogen-bond donors (Lipinski definition) is 2. The predicted octanol–water partition coefficient (Wildman–Crippen LogP) is 2.72. The molecule has 0 bridgehead atoms. The fourth-order valence-corrected chi connectivity index (χ4v) is 4.82. The average Bonchev–Trinajstić information content (AvgIpc) is 3.17. The van der Waals surface area contributed by atoms with E-state index in [1.807, 2.05) is 12.1 Å². The molecule has 1 aliphatic heterocycles. The second-order valence-corrected chi connectivity index (χ2v) is 8.50. The topological polar surface area (TPSA) is 131 Å². The maximum Gasteiger partial charge on any atom is 0.490 e. The number of sulfonamides is 1. The second kappa shape index (κ2) is 8.46. The number of nitrogens with two attached hydrogens (primary N) is 1. The third kappa shape index (κ3) is 4.49. The summed E-state index contributed by atoms with van der Waals surface area (Å²) < 4.78 is 59.6. The summed E-state index contributed by atoms with van der Waals surface area (Å²) in [5, 5.41) is 7.88. The molecule has 4 rings (SSSR count). The molecule has 0 fully saturated rings. The molecule has 3 aromatic rings. The van der Waals surface area contributed by atoms with Crippen molar-refractivity contribution in [3.63, 3.8) is 0 Å². The Balaban J connectivity index is 0.000000360. The number of rotatable bonds is 3. The van der Waals surface area contributed by atoms with Gasteiger partial charge in [-0.2, -0.15) is 13.2 Å². The Morgan fingerprint density at radius 2 is 1.75 bits per heavy atom. The largest absolute Gasteiger partial charge is 0.490 e. The Morgan fingerprint density at radius 1 is 1.09 bits per heavy atom. The van der Waals surface area contributed by atoms with Crippen molar-refractivity contribution in [3.05, 3.63) is 65.9 Å². The number of aliphatic carboxylic acids is 1. The first-order valence-electron chi connectivity index (χ1n) is 9.02. The molecule has 32 heavy (non-hydrogen) atoms. The molecule has 2 aromatic carbocycles. The Kier molecular flexibility index (Phi) is 6.08. The van der Waals surface area contributed by atoms with Crippen LogP contribution in [0.4, 0.5) is 18.9 Å². The quantitative estimate of drug-likeness (QED) is 0.609. The Morgan fingerprint density at radius 3 is 2.38 bits per heavy atom. The first-order chi connectivity index (χ1) is 14.9. The van der Waals surface area contributed by atoms with E-state index < -0.39 is 28.1 Å². The van der Waals surface area contributed by atoms with Gasteiger partial charge in [0.15, 0.2) is 0 Å². The highest BCUT2D eigenvalue weighted by Gasteiger charge is 2.38. The summed E-state index contributed by atoms with van der Waals surface area (Å²) in [6, 6.07) is 13.6. The van der Waals surface area contributed by atoms with E-state index in [0.29, 0.717) is 24.2 Å². The number of nitrogens with zero attached hydrogens (tertiary/aromatic N) is 2. The van der Waals surface area contributed by atoms with Gasteiger partial charge in [-0.1, -0.05) is 24.3 Å². The van der Waals surface area contributed by atoms with E-state index >= 15 is 0 Å². The number of aromatic nitrogens is 1. The lowest BCUT2D eigenvalue weighted by molar-refractivity contribution is -0.192.